The largest absolute Gasteiger partial charge is 0.454 e. The van der Waals surface area contributed by atoms with Crippen LogP contribution in [0.4, 0.5) is 0 Å². The number of thioether (sulfide) groups is 1. The van der Waals surface area contributed by atoms with Gasteiger partial charge in [-0.1, -0.05) is 17.8 Å². The van der Waals surface area contributed by atoms with Crippen molar-refractivity contribution in [2.75, 3.05) is 25.9 Å². The average Bonchev–Trinajstić information content (AvgIpc) is 3.52. The van der Waals surface area contributed by atoms with Gasteiger partial charge in [0.25, 0.3) is 5.56 Å². The quantitative estimate of drug-likeness (QED) is 0.393. The van der Waals surface area contributed by atoms with Gasteiger partial charge in [-0.25, -0.2) is 4.98 Å². The summed E-state index contributed by atoms with van der Waals surface area (Å²) in [5.41, 5.74) is 1.19. The van der Waals surface area contributed by atoms with Crippen molar-refractivity contribution < 1.29 is 23.7 Å². The fraction of sp³-hybridized carbons (Fsp3) is 0.400. The van der Waals surface area contributed by atoms with Gasteiger partial charge < -0.3 is 23.8 Å². The molecule has 9 nitrogen and oxygen atoms in total. The van der Waals surface area contributed by atoms with E-state index in [1.54, 1.807) is 16.7 Å². The second-order valence-corrected chi connectivity index (χ2v) is 9.86. The van der Waals surface area contributed by atoms with Crippen molar-refractivity contribution in [1.82, 2.24) is 14.5 Å². The van der Waals surface area contributed by atoms with E-state index >= 15 is 0 Å². The smallest absolute Gasteiger partial charge is 0.262 e. The molecule has 1 saturated heterocycles. The third kappa shape index (κ3) is 4.16. The molecule has 0 N–H and O–H groups in total. The van der Waals surface area contributed by atoms with Crippen LogP contribution in [0.15, 0.2) is 40.3 Å². The van der Waals surface area contributed by atoms with Crippen LogP contribution in [0.1, 0.15) is 31.7 Å². The van der Waals surface area contributed by atoms with Crippen LogP contribution in [0.5, 0.6) is 23.0 Å². The molecule has 2 aromatic carbocycles. The number of hydrogen-bond acceptors (Lipinski definition) is 8. The Hall–Kier alpha value is -3.40. The number of ether oxygens (including phenoxy) is 4. The molecule has 3 aliphatic rings. The van der Waals surface area contributed by atoms with Gasteiger partial charge in [0.1, 0.15) is 0 Å². The van der Waals surface area contributed by atoms with Crippen LogP contribution in [0.2, 0.25) is 0 Å². The van der Waals surface area contributed by atoms with Gasteiger partial charge in [-0.05, 0) is 49.9 Å². The zero-order chi connectivity index (χ0) is 23.9. The van der Waals surface area contributed by atoms with Crippen molar-refractivity contribution >= 4 is 28.6 Å². The molecule has 0 spiro atoms. The summed E-state index contributed by atoms with van der Waals surface area (Å²) in [6.45, 7) is 3.44. The molecule has 4 heterocycles. The number of benzene rings is 2. The molecule has 0 unspecified atom stereocenters. The SMILES string of the molecule is C[C@@H]1CCCCN1C(=O)CSc1nc2cc3c(cc2c(=O)n1Cc1ccc2c(c1)OCO2)OCO3. The number of rotatable bonds is 5. The highest BCUT2D eigenvalue weighted by Crippen LogP contribution is 2.36. The van der Waals surface area contributed by atoms with Crippen LogP contribution in [0.25, 0.3) is 10.9 Å². The number of piperidine rings is 1. The summed E-state index contributed by atoms with van der Waals surface area (Å²) in [5.74, 6) is 2.70. The van der Waals surface area contributed by atoms with Gasteiger partial charge in [0.15, 0.2) is 28.2 Å². The van der Waals surface area contributed by atoms with Crippen LogP contribution in [0.3, 0.4) is 0 Å². The van der Waals surface area contributed by atoms with E-state index in [4.69, 9.17) is 23.9 Å². The molecule has 6 rings (SSSR count). The fourth-order valence-electron chi connectivity index (χ4n) is 4.74. The van der Waals surface area contributed by atoms with E-state index in [-0.39, 0.29) is 43.4 Å². The molecule has 1 fully saturated rings. The normalized spacial score (nSPS) is 18.3. The molecule has 35 heavy (non-hydrogen) atoms. The zero-order valence-corrected chi connectivity index (χ0v) is 20.1. The lowest BCUT2D eigenvalue weighted by Crippen LogP contribution is -2.43. The molecule has 1 atom stereocenters. The summed E-state index contributed by atoms with van der Waals surface area (Å²) in [4.78, 5) is 33.4. The highest BCUT2D eigenvalue weighted by Gasteiger charge is 2.25. The number of aromatic nitrogens is 2. The summed E-state index contributed by atoms with van der Waals surface area (Å²) in [5, 5.41) is 0.923. The van der Waals surface area contributed by atoms with Crippen LogP contribution >= 0.6 is 11.8 Å². The predicted molar refractivity (Wildman–Crippen MR) is 130 cm³/mol. The zero-order valence-electron chi connectivity index (χ0n) is 19.3. The van der Waals surface area contributed by atoms with E-state index in [0.717, 1.165) is 31.4 Å². The van der Waals surface area contributed by atoms with E-state index in [1.165, 1.54) is 11.8 Å². The lowest BCUT2D eigenvalue weighted by molar-refractivity contribution is -0.131. The standard InChI is InChI=1S/C25H25N3O6S/c1-15-4-2-3-7-27(15)23(29)12-35-25-26-18-10-22-21(33-14-34-22)9-17(18)24(30)28(25)11-16-5-6-19-20(8-16)32-13-31-19/h5-6,8-10,15H,2-4,7,11-14H2,1H3/t15-/m1/s1. The van der Waals surface area contributed by atoms with Crippen molar-refractivity contribution in [1.29, 1.82) is 0 Å². The van der Waals surface area contributed by atoms with E-state index in [1.807, 2.05) is 23.1 Å². The number of carbonyl (C=O) groups excluding carboxylic acids is 1. The van der Waals surface area contributed by atoms with E-state index in [0.29, 0.717) is 39.1 Å². The van der Waals surface area contributed by atoms with Gasteiger partial charge in [0.05, 0.1) is 23.2 Å². The maximum absolute atomic E-state index is 13.6. The first-order valence-electron chi connectivity index (χ1n) is 11.7. The Kier molecular flexibility index (Phi) is 5.68. The first kappa shape index (κ1) is 22.1. The Balaban J connectivity index is 1.36. The second-order valence-electron chi connectivity index (χ2n) is 8.92. The van der Waals surface area contributed by atoms with Gasteiger partial charge >= 0.3 is 0 Å². The van der Waals surface area contributed by atoms with E-state index < -0.39 is 0 Å². The number of likely N-dealkylation sites (tertiary alicyclic amines) is 1. The minimum atomic E-state index is -0.202. The fourth-order valence-corrected chi connectivity index (χ4v) is 5.62. The van der Waals surface area contributed by atoms with Crippen molar-refractivity contribution in [3.63, 3.8) is 0 Å². The number of amides is 1. The van der Waals surface area contributed by atoms with Gasteiger partial charge in [-0.15, -0.1) is 0 Å². The number of hydrogen-bond donors (Lipinski definition) is 0. The summed E-state index contributed by atoms with van der Waals surface area (Å²) in [6, 6.07) is 9.24. The van der Waals surface area contributed by atoms with Crippen molar-refractivity contribution in [2.45, 2.75) is 43.9 Å². The second kappa shape index (κ2) is 8.99. The summed E-state index contributed by atoms with van der Waals surface area (Å²) < 4.78 is 23.5. The molecule has 0 radical (unpaired) electrons. The average molecular weight is 496 g/mol. The van der Waals surface area contributed by atoms with Crippen molar-refractivity contribution in [3.05, 3.63) is 46.2 Å². The Labute approximate surface area is 205 Å². The molecular weight excluding hydrogens is 470 g/mol. The highest BCUT2D eigenvalue weighted by molar-refractivity contribution is 7.99. The van der Waals surface area contributed by atoms with Crippen molar-refractivity contribution in [2.24, 2.45) is 0 Å². The molecule has 0 aliphatic carbocycles. The molecule has 0 bridgehead atoms. The van der Waals surface area contributed by atoms with Crippen LogP contribution < -0.4 is 24.5 Å². The third-order valence-corrected chi connectivity index (χ3v) is 7.60. The van der Waals surface area contributed by atoms with Gasteiger partial charge in [0.2, 0.25) is 19.5 Å². The lowest BCUT2D eigenvalue weighted by atomic mass is 10.0. The lowest BCUT2D eigenvalue weighted by Gasteiger charge is -2.33. The molecule has 3 aromatic rings. The van der Waals surface area contributed by atoms with Gasteiger partial charge in [-0.3, -0.25) is 14.2 Å². The Morgan fingerprint density at radius 3 is 2.57 bits per heavy atom. The third-order valence-electron chi connectivity index (χ3n) is 6.64. The maximum Gasteiger partial charge on any atom is 0.262 e. The van der Waals surface area contributed by atoms with E-state index in [2.05, 4.69) is 6.92 Å². The highest BCUT2D eigenvalue weighted by atomic mass is 32.2. The minimum absolute atomic E-state index is 0.0665. The summed E-state index contributed by atoms with van der Waals surface area (Å²) in [7, 11) is 0. The number of carbonyl (C=O) groups is 1. The number of fused-ring (bicyclic) bond motifs is 3. The number of nitrogens with zero attached hydrogens (tertiary/aromatic N) is 3. The Bertz CT molecular complexity index is 1370. The van der Waals surface area contributed by atoms with Crippen molar-refractivity contribution in [3.8, 4) is 23.0 Å². The predicted octanol–water partition coefficient (Wildman–Crippen LogP) is 3.40. The Morgan fingerprint density at radius 2 is 1.77 bits per heavy atom. The molecular formula is C25H25N3O6S. The molecule has 1 aromatic heterocycles. The Morgan fingerprint density at radius 1 is 1.03 bits per heavy atom. The molecule has 182 valence electrons. The van der Waals surface area contributed by atoms with E-state index in [9.17, 15) is 9.59 Å². The minimum Gasteiger partial charge on any atom is -0.454 e. The molecule has 10 heteroatoms. The molecule has 3 aliphatic heterocycles. The van der Waals surface area contributed by atoms with Gasteiger partial charge in [-0.2, -0.15) is 0 Å². The summed E-state index contributed by atoms with van der Waals surface area (Å²) in [6.07, 6.45) is 3.19. The first-order chi connectivity index (χ1) is 17.1. The van der Waals surface area contributed by atoms with Crippen LogP contribution in [0, 0.1) is 0 Å². The van der Waals surface area contributed by atoms with Gasteiger partial charge in [0, 0.05) is 18.7 Å². The topological polar surface area (TPSA) is 92.1 Å². The molecule has 1 amide bonds. The monoisotopic (exact) mass is 495 g/mol. The summed E-state index contributed by atoms with van der Waals surface area (Å²) >= 11 is 1.29. The van der Waals surface area contributed by atoms with Crippen LogP contribution in [-0.2, 0) is 11.3 Å². The first-order valence-corrected chi connectivity index (χ1v) is 12.7. The maximum atomic E-state index is 13.6. The van der Waals surface area contributed by atoms with Crippen LogP contribution in [-0.4, -0.2) is 52.3 Å². The molecule has 0 saturated carbocycles.